The summed E-state index contributed by atoms with van der Waals surface area (Å²) in [5.41, 5.74) is 3.78. The summed E-state index contributed by atoms with van der Waals surface area (Å²) in [6.45, 7) is 0.804. The molecule has 0 saturated heterocycles. The van der Waals surface area contributed by atoms with Crippen LogP contribution in [0.1, 0.15) is 33.5 Å². The van der Waals surface area contributed by atoms with Crippen LogP contribution < -0.4 is 14.2 Å². The predicted molar refractivity (Wildman–Crippen MR) is 162 cm³/mol. The number of aldehydes is 1. The van der Waals surface area contributed by atoms with E-state index in [1.807, 2.05) is 42.5 Å². The van der Waals surface area contributed by atoms with Crippen molar-refractivity contribution < 1.29 is 19.0 Å². The number of hydrogen-bond donors (Lipinski definition) is 0. The summed E-state index contributed by atoms with van der Waals surface area (Å²) in [6, 6.07) is 23.4. The molecule has 0 bridgehead atoms. The molecule has 204 valence electrons. The monoisotopic (exact) mass is 657 g/mol. The highest BCUT2D eigenvalue weighted by molar-refractivity contribution is 9.09. The van der Waals surface area contributed by atoms with Crippen LogP contribution in [0, 0.1) is 11.3 Å². The second-order valence-corrected chi connectivity index (χ2v) is 10.6. The average Bonchev–Trinajstić information content (AvgIpc) is 2.97. The van der Waals surface area contributed by atoms with Crippen molar-refractivity contribution >= 4 is 57.0 Å². The highest BCUT2D eigenvalue weighted by atomic mass is 79.9. The molecule has 0 heterocycles. The van der Waals surface area contributed by atoms with Crippen molar-refractivity contribution in [2.75, 3.05) is 11.9 Å². The number of carbonyl (C=O) groups is 1. The third-order valence-electron chi connectivity index (χ3n) is 5.89. The summed E-state index contributed by atoms with van der Waals surface area (Å²) >= 11 is 23.3. The molecule has 9 heteroatoms. The smallest absolute Gasteiger partial charge is 0.153 e. The van der Waals surface area contributed by atoms with E-state index in [9.17, 15) is 4.79 Å². The summed E-state index contributed by atoms with van der Waals surface area (Å²) in [4.78, 5) is 11.7. The van der Waals surface area contributed by atoms with Crippen molar-refractivity contribution in [2.24, 2.45) is 0 Å². The van der Waals surface area contributed by atoms with Gasteiger partial charge in [-0.3, -0.25) is 4.79 Å². The van der Waals surface area contributed by atoms with E-state index >= 15 is 0 Å². The predicted octanol–water partition coefficient (Wildman–Crippen LogP) is 9.32. The minimum absolute atomic E-state index is 0.107. The maximum absolute atomic E-state index is 11.7. The first-order chi connectivity index (χ1) is 19.4. The maximum Gasteiger partial charge on any atom is 0.153 e. The van der Waals surface area contributed by atoms with E-state index in [0.29, 0.717) is 51.3 Å². The van der Waals surface area contributed by atoms with Crippen LogP contribution in [0.2, 0.25) is 15.1 Å². The first kappa shape index (κ1) is 29.8. The Labute approximate surface area is 256 Å². The lowest BCUT2D eigenvalue weighted by atomic mass is 10.0. The van der Waals surface area contributed by atoms with Gasteiger partial charge >= 0.3 is 0 Å². The van der Waals surface area contributed by atoms with Crippen LogP contribution in [-0.4, -0.2) is 18.2 Å². The van der Waals surface area contributed by atoms with Crippen molar-refractivity contribution in [3.05, 3.63) is 110 Å². The van der Waals surface area contributed by atoms with E-state index in [0.717, 1.165) is 28.4 Å². The molecule has 4 aromatic rings. The summed E-state index contributed by atoms with van der Waals surface area (Å²) in [6.07, 6.45) is 1.52. The molecule has 0 unspecified atom stereocenters. The number of hydrogen-bond acceptors (Lipinski definition) is 5. The molecule has 4 aromatic carbocycles. The van der Waals surface area contributed by atoms with Crippen LogP contribution in [0.25, 0.3) is 11.1 Å². The molecule has 0 aromatic heterocycles. The molecule has 40 heavy (non-hydrogen) atoms. The minimum atomic E-state index is 0.107. The van der Waals surface area contributed by atoms with Crippen molar-refractivity contribution in [2.45, 2.75) is 19.6 Å². The zero-order valence-electron chi connectivity index (χ0n) is 21.1. The van der Waals surface area contributed by atoms with Gasteiger partial charge in [-0.2, -0.15) is 5.26 Å². The van der Waals surface area contributed by atoms with E-state index in [1.54, 1.807) is 24.3 Å². The maximum atomic E-state index is 11.7. The van der Waals surface area contributed by atoms with Gasteiger partial charge in [0.05, 0.1) is 38.9 Å². The van der Waals surface area contributed by atoms with Crippen LogP contribution in [0.5, 0.6) is 17.2 Å². The molecule has 0 radical (unpaired) electrons. The Bertz CT molecular complexity index is 1550. The van der Waals surface area contributed by atoms with Crippen molar-refractivity contribution in [3.63, 3.8) is 0 Å². The van der Waals surface area contributed by atoms with E-state index in [1.165, 1.54) is 6.07 Å². The lowest BCUT2D eigenvalue weighted by molar-refractivity contribution is 0.111. The molecule has 0 atom stereocenters. The Morgan fingerprint density at radius 2 is 1.52 bits per heavy atom. The summed E-state index contributed by atoms with van der Waals surface area (Å²) in [7, 11) is 0. The third kappa shape index (κ3) is 7.30. The van der Waals surface area contributed by atoms with Crippen molar-refractivity contribution in [1.82, 2.24) is 0 Å². The molecular formula is C31H23BrCl3NO4. The van der Waals surface area contributed by atoms with Crippen LogP contribution in [0.4, 0.5) is 0 Å². The van der Waals surface area contributed by atoms with E-state index in [-0.39, 0.29) is 23.8 Å². The van der Waals surface area contributed by atoms with E-state index in [4.69, 9.17) is 54.3 Å². The quantitative estimate of drug-likeness (QED) is 0.0862. The number of benzene rings is 4. The molecule has 0 amide bonds. The second kappa shape index (κ2) is 14.4. The fourth-order valence-electron chi connectivity index (χ4n) is 3.89. The Hall–Kier alpha value is -3.21. The van der Waals surface area contributed by atoms with Crippen LogP contribution in [-0.2, 0) is 13.2 Å². The molecule has 5 nitrogen and oxygen atoms in total. The first-order valence-corrected chi connectivity index (χ1v) is 14.5. The standard InChI is InChI=1S/C31H23BrCl3NO4/c32-11-4-12-38-27-10-3-9-25(31(27)35)24-8-2-7-22(30(24)34)19-40-29-15-28(23(17-37)14-26(29)33)39-18-21-6-1-5-20(13-21)16-36/h1-3,5-10,13-15,17H,4,11-12,18-19H2. The Morgan fingerprint density at radius 1 is 0.800 bits per heavy atom. The number of nitriles is 1. The zero-order chi connectivity index (χ0) is 28.5. The lowest BCUT2D eigenvalue weighted by Gasteiger charge is -2.16. The molecule has 0 aliphatic heterocycles. The number of halogens is 4. The van der Waals surface area contributed by atoms with Gasteiger partial charge < -0.3 is 14.2 Å². The number of nitrogens with zero attached hydrogens (tertiary/aromatic N) is 1. The lowest BCUT2D eigenvalue weighted by Crippen LogP contribution is -2.02. The summed E-state index contributed by atoms with van der Waals surface area (Å²) < 4.78 is 17.7. The van der Waals surface area contributed by atoms with Crippen molar-refractivity contribution in [3.8, 4) is 34.4 Å². The van der Waals surface area contributed by atoms with Gasteiger partial charge in [-0.1, -0.05) is 93.2 Å². The van der Waals surface area contributed by atoms with Crippen LogP contribution >= 0.6 is 50.7 Å². The van der Waals surface area contributed by atoms with E-state index < -0.39 is 0 Å². The largest absolute Gasteiger partial charge is 0.492 e. The third-order valence-corrected chi connectivity index (χ3v) is 7.58. The fraction of sp³-hybridized carbons (Fsp3) is 0.161. The van der Waals surface area contributed by atoms with Crippen molar-refractivity contribution in [1.29, 1.82) is 5.26 Å². The fourth-order valence-corrected chi connectivity index (χ4v) is 4.91. The van der Waals surface area contributed by atoms with Gasteiger partial charge in [-0.05, 0) is 36.2 Å². The van der Waals surface area contributed by atoms with Gasteiger partial charge in [0.2, 0.25) is 0 Å². The topological polar surface area (TPSA) is 68.6 Å². The number of rotatable bonds is 12. The van der Waals surface area contributed by atoms with Gasteiger partial charge in [0.1, 0.15) is 30.5 Å². The molecule has 0 spiro atoms. The van der Waals surface area contributed by atoms with Gasteiger partial charge in [0.25, 0.3) is 0 Å². The van der Waals surface area contributed by atoms with Gasteiger partial charge in [-0.25, -0.2) is 0 Å². The summed E-state index contributed by atoms with van der Waals surface area (Å²) in [5.74, 6) is 1.22. The molecule has 0 saturated carbocycles. The first-order valence-electron chi connectivity index (χ1n) is 12.2. The molecule has 0 fully saturated rings. The molecule has 0 aliphatic rings. The van der Waals surface area contributed by atoms with Gasteiger partial charge in [0.15, 0.2) is 6.29 Å². The number of alkyl halides is 1. The van der Waals surface area contributed by atoms with E-state index in [2.05, 4.69) is 22.0 Å². The normalized spacial score (nSPS) is 10.6. The molecular weight excluding hydrogens is 637 g/mol. The van der Waals surface area contributed by atoms with Crippen LogP contribution in [0.3, 0.4) is 0 Å². The summed E-state index contributed by atoms with van der Waals surface area (Å²) in [5, 5.41) is 11.2. The number of ether oxygens (including phenoxy) is 3. The highest BCUT2D eigenvalue weighted by Gasteiger charge is 2.16. The van der Waals surface area contributed by atoms with Gasteiger partial charge in [-0.15, -0.1) is 0 Å². The second-order valence-electron chi connectivity index (χ2n) is 8.62. The highest BCUT2D eigenvalue weighted by Crippen LogP contribution is 2.40. The molecule has 4 rings (SSSR count). The molecule has 0 N–H and O–H groups in total. The Morgan fingerprint density at radius 3 is 2.27 bits per heavy atom. The molecule has 0 aliphatic carbocycles. The van der Waals surface area contributed by atoms with Crippen LogP contribution in [0.15, 0.2) is 72.8 Å². The Balaban J connectivity index is 1.53. The number of carbonyl (C=O) groups excluding carboxylic acids is 1. The SMILES string of the molecule is N#Cc1cccc(COc2cc(OCc3cccc(-c4cccc(OCCCBr)c4Cl)c3Cl)c(Cl)cc2C=O)c1. The zero-order valence-corrected chi connectivity index (χ0v) is 25.0. The average molecular weight is 660 g/mol. The Kier molecular flexibility index (Phi) is 10.7. The minimum Gasteiger partial charge on any atom is -0.492 e. The van der Waals surface area contributed by atoms with Gasteiger partial charge in [0, 0.05) is 28.1 Å².